The Morgan fingerprint density at radius 1 is 1.36 bits per heavy atom. The number of nitrogens with one attached hydrogen (secondary N) is 1. The Hall–Kier alpha value is -2.74. The average molecular weight is 360 g/mol. The molecular formula is C17H20N4O3S. The number of aryl methyl sites for hydroxylation is 1. The standard InChI is InChI=1S/C17H20N4O3S/c1-4-15-19-20-17(25-15)18-14(22)11-21(2)16(23)9-8-12-6-5-7-13(10-12)24-3/h5-10H,4,11H2,1-3H3,(H,18,20,22)/b9-8+. The van der Waals surface area contributed by atoms with Crippen LogP contribution in [0.3, 0.4) is 0 Å². The zero-order valence-corrected chi connectivity index (χ0v) is 15.2. The molecule has 0 aliphatic rings. The lowest BCUT2D eigenvalue weighted by molar-refractivity contribution is -0.129. The first-order valence-electron chi connectivity index (χ1n) is 7.71. The first-order valence-corrected chi connectivity index (χ1v) is 8.53. The fourth-order valence-corrected chi connectivity index (χ4v) is 2.63. The number of benzene rings is 1. The number of hydrogen-bond acceptors (Lipinski definition) is 6. The highest BCUT2D eigenvalue weighted by molar-refractivity contribution is 7.15. The number of anilines is 1. The van der Waals surface area contributed by atoms with Crippen LogP contribution in [0.25, 0.3) is 6.08 Å². The van der Waals surface area contributed by atoms with Crippen molar-refractivity contribution in [2.24, 2.45) is 0 Å². The maximum absolute atomic E-state index is 12.1. The minimum absolute atomic E-state index is 0.0671. The molecule has 0 unspecified atom stereocenters. The second kappa shape index (κ2) is 8.93. The molecule has 0 atom stereocenters. The maximum Gasteiger partial charge on any atom is 0.246 e. The molecule has 0 spiro atoms. The van der Waals surface area contributed by atoms with Gasteiger partial charge < -0.3 is 9.64 Å². The van der Waals surface area contributed by atoms with E-state index in [-0.39, 0.29) is 18.4 Å². The molecule has 0 bridgehead atoms. The average Bonchev–Trinajstić information content (AvgIpc) is 3.07. The normalized spacial score (nSPS) is 10.7. The molecule has 1 N–H and O–H groups in total. The Balaban J connectivity index is 1.88. The van der Waals surface area contributed by atoms with E-state index in [4.69, 9.17) is 4.74 Å². The molecule has 2 rings (SSSR count). The Labute approximate surface area is 150 Å². The van der Waals surface area contributed by atoms with Gasteiger partial charge >= 0.3 is 0 Å². The van der Waals surface area contributed by atoms with E-state index in [1.165, 1.54) is 22.3 Å². The highest BCUT2D eigenvalue weighted by atomic mass is 32.1. The van der Waals surface area contributed by atoms with Crippen LogP contribution in [0.15, 0.2) is 30.3 Å². The number of aromatic nitrogens is 2. The Morgan fingerprint density at radius 2 is 2.16 bits per heavy atom. The third kappa shape index (κ3) is 5.68. The summed E-state index contributed by atoms with van der Waals surface area (Å²) in [6.07, 6.45) is 3.86. The van der Waals surface area contributed by atoms with Crippen LogP contribution in [0.2, 0.25) is 0 Å². The summed E-state index contributed by atoms with van der Waals surface area (Å²) in [5.41, 5.74) is 0.839. The lowest BCUT2D eigenvalue weighted by Gasteiger charge is -2.13. The van der Waals surface area contributed by atoms with E-state index in [0.29, 0.717) is 10.9 Å². The Kier molecular flexibility index (Phi) is 6.64. The van der Waals surface area contributed by atoms with E-state index in [2.05, 4.69) is 15.5 Å². The van der Waals surface area contributed by atoms with Crippen LogP contribution in [0.4, 0.5) is 5.13 Å². The molecule has 0 radical (unpaired) electrons. The topological polar surface area (TPSA) is 84.4 Å². The fraction of sp³-hybridized carbons (Fsp3) is 0.294. The Morgan fingerprint density at radius 3 is 2.84 bits per heavy atom. The van der Waals surface area contributed by atoms with Gasteiger partial charge in [-0.25, -0.2) is 0 Å². The van der Waals surface area contributed by atoms with Crippen molar-refractivity contribution in [1.82, 2.24) is 15.1 Å². The van der Waals surface area contributed by atoms with Gasteiger partial charge in [0.1, 0.15) is 10.8 Å². The van der Waals surface area contributed by atoms with E-state index in [9.17, 15) is 9.59 Å². The molecule has 7 nitrogen and oxygen atoms in total. The van der Waals surface area contributed by atoms with Gasteiger partial charge in [-0.05, 0) is 30.2 Å². The number of likely N-dealkylation sites (N-methyl/N-ethyl adjacent to an activating group) is 1. The van der Waals surface area contributed by atoms with Crippen LogP contribution in [-0.4, -0.2) is 47.6 Å². The van der Waals surface area contributed by atoms with E-state index in [0.717, 1.165) is 17.0 Å². The van der Waals surface area contributed by atoms with Gasteiger partial charge in [-0.15, -0.1) is 10.2 Å². The number of nitrogens with zero attached hydrogens (tertiary/aromatic N) is 3. The van der Waals surface area contributed by atoms with Crippen molar-refractivity contribution in [2.75, 3.05) is 26.0 Å². The summed E-state index contributed by atoms with van der Waals surface area (Å²) in [6.45, 7) is 1.90. The van der Waals surface area contributed by atoms with Gasteiger partial charge in [-0.3, -0.25) is 14.9 Å². The number of ether oxygens (including phenoxy) is 1. The van der Waals surface area contributed by atoms with Gasteiger partial charge in [0.25, 0.3) is 0 Å². The quantitative estimate of drug-likeness (QED) is 0.766. The first kappa shape index (κ1) is 18.6. The van der Waals surface area contributed by atoms with Crippen molar-refractivity contribution < 1.29 is 14.3 Å². The van der Waals surface area contributed by atoms with Gasteiger partial charge in [-0.1, -0.05) is 30.4 Å². The minimum Gasteiger partial charge on any atom is -0.497 e. The van der Waals surface area contributed by atoms with E-state index < -0.39 is 0 Å². The predicted octanol–water partition coefficient (Wildman–Crippen LogP) is 2.22. The highest BCUT2D eigenvalue weighted by Crippen LogP contribution is 2.15. The molecule has 0 saturated carbocycles. The van der Waals surface area contributed by atoms with Crippen LogP contribution in [-0.2, 0) is 16.0 Å². The second-order valence-electron chi connectivity index (χ2n) is 5.21. The molecule has 2 aromatic rings. The summed E-state index contributed by atoms with van der Waals surface area (Å²) >= 11 is 1.32. The molecule has 25 heavy (non-hydrogen) atoms. The van der Waals surface area contributed by atoms with Crippen LogP contribution in [0.1, 0.15) is 17.5 Å². The predicted molar refractivity (Wildman–Crippen MR) is 97.6 cm³/mol. The largest absolute Gasteiger partial charge is 0.497 e. The van der Waals surface area contributed by atoms with E-state index in [1.54, 1.807) is 20.2 Å². The number of carbonyl (C=O) groups is 2. The minimum atomic E-state index is -0.315. The summed E-state index contributed by atoms with van der Waals surface area (Å²) < 4.78 is 5.14. The van der Waals surface area contributed by atoms with Gasteiger partial charge in [-0.2, -0.15) is 0 Å². The molecule has 2 amide bonds. The summed E-state index contributed by atoms with van der Waals surface area (Å²) in [4.78, 5) is 25.4. The fourth-order valence-electron chi connectivity index (χ4n) is 1.94. The number of amides is 2. The summed E-state index contributed by atoms with van der Waals surface area (Å²) in [5, 5.41) is 11.7. The van der Waals surface area contributed by atoms with Crippen LogP contribution in [0.5, 0.6) is 5.75 Å². The lowest BCUT2D eigenvalue weighted by atomic mass is 10.2. The van der Waals surface area contributed by atoms with Gasteiger partial charge in [0.05, 0.1) is 13.7 Å². The SMILES string of the molecule is CCc1nnc(NC(=O)CN(C)C(=O)/C=C/c2cccc(OC)c2)s1. The molecular weight excluding hydrogens is 340 g/mol. The van der Waals surface area contributed by atoms with Crippen molar-refractivity contribution in [3.63, 3.8) is 0 Å². The maximum atomic E-state index is 12.1. The van der Waals surface area contributed by atoms with Gasteiger partial charge in [0.2, 0.25) is 16.9 Å². The monoisotopic (exact) mass is 360 g/mol. The molecule has 0 aliphatic heterocycles. The molecule has 0 saturated heterocycles. The molecule has 1 aromatic carbocycles. The van der Waals surface area contributed by atoms with E-state index in [1.807, 2.05) is 31.2 Å². The highest BCUT2D eigenvalue weighted by Gasteiger charge is 2.12. The zero-order valence-electron chi connectivity index (χ0n) is 14.4. The van der Waals surface area contributed by atoms with Crippen LogP contribution < -0.4 is 10.1 Å². The van der Waals surface area contributed by atoms with Gasteiger partial charge in [0.15, 0.2) is 0 Å². The molecule has 0 fully saturated rings. The molecule has 132 valence electrons. The van der Waals surface area contributed by atoms with E-state index >= 15 is 0 Å². The molecule has 1 aromatic heterocycles. The first-order chi connectivity index (χ1) is 12.0. The van der Waals surface area contributed by atoms with Crippen molar-refractivity contribution >= 4 is 34.4 Å². The summed E-state index contributed by atoms with van der Waals surface area (Å²) in [7, 11) is 3.15. The van der Waals surface area contributed by atoms with Crippen LogP contribution >= 0.6 is 11.3 Å². The Bertz CT molecular complexity index is 773. The number of rotatable bonds is 7. The smallest absolute Gasteiger partial charge is 0.246 e. The third-order valence-electron chi connectivity index (χ3n) is 3.28. The van der Waals surface area contributed by atoms with Crippen molar-refractivity contribution in [3.8, 4) is 5.75 Å². The lowest BCUT2D eigenvalue weighted by Crippen LogP contribution is -2.33. The van der Waals surface area contributed by atoms with Crippen molar-refractivity contribution in [1.29, 1.82) is 0 Å². The van der Waals surface area contributed by atoms with Crippen LogP contribution in [0, 0.1) is 0 Å². The number of hydrogen-bond donors (Lipinski definition) is 1. The van der Waals surface area contributed by atoms with Crippen molar-refractivity contribution in [2.45, 2.75) is 13.3 Å². The molecule has 1 heterocycles. The second-order valence-corrected chi connectivity index (χ2v) is 6.27. The van der Waals surface area contributed by atoms with Crippen molar-refractivity contribution in [3.05, 3.63) is 40.9 Å². The third-order valence-corrected chi connectivity index (χ3v) is 4.27. The zero-order chi connectivity index (χ0) is 18.2. The molecule has 0 aliphatic carbocycles. The summed E-state index contributed by atoms with van der Waals surface area (Å²) in [5.74, 6) is 0.125. The summed E-state index contributed by atoms with van der Waals surface area (Å²) in [6, 6.07) is 7.34. The van der Waals surface area contributed by atoms with Gasteiger partial charge in [0, 0.05) is 13.1 Å². The number of carbonyl (C=O) groups excluding carboxylic acids is 2. The molecule has 8 heteroatoms. The number of methoxy groups -OCH3 is 1.